The third-order valence-corrected chi connectivity index (χ3v) is 2.14. The van der Waals surface area contributed by atoms with E-state index < -0.39 is 50.1 Å². The lowest BCUT2D eigenvalue weighted by Gasteiger charge is -2.28. The molecule has 0 radical (unpaired) electrons. The van der Waals surface area contributed by atoms with Gasteiger partial charge in [0.2, 0.25) is 0 Å². The first-order chi connectivity index (χ1) is 9.20. The molecule has 0 atom stereocenters. The third kappa shape index (κ3) is 12.5. The first-order valence-corrected chi connectivity index (χ1v) is 5.44. The van der Waals surface area contributed by atoms with E-state index in [4.69, 9.17) is 0 Å². The molecular weight excluding hydrogens is 290 g/mol. The SMILES string of the molecule is O=C([O-])CN(CCN(CC(=O)[O-])CC(=O)[O-])CC(=O)[O-].[NH4+]. The average molecular weight is 306 g/mol. The molecule has 122 valence electrons. The zero-order chi connectivity index (χ0) is 15.7. The number of hydrogen-bond donors (Lipinski definition) is 1. The van der Waals surface area contributed by atoms with Gasteiger partial charge in [-0.05, 0) is 0 Å². The number of quaternary nitrogens is 1. The second-order valence-electron chi connectivity index (χ2n) is 3.91. The van der Waals surface area contributed by atoms with E-state index in [-0.39, 0.29) is 19.2 Å². The van der Waals surface area contributed by atoms with E-state index in [9.17, 15) is 39.6 Å². The van der Waals surface area contributed by atoms with E-state index in [1.165, 1.54) is 0 Å². The molecule has 0 heterocycles. The topological polar surface area (TPSA) is 204 Å². The number of carbonyl (C=O) groups excluding carboxylic acids is 4. The van der Waals surface area contributed by atoms with Crippen LogP contribution in [-0.4, -0.2) is 72.9 Å². The van der Waals surface area contributed by atoms with Crippen molar-refractivity contribution in [1.29, 1.82) is 0 Å². The van der Waals surface area contributed by atoms with Crippen LogP contribution in [0, 0.1) is 0 Å². The Kier molecular flexibility index (Phi) is 10.6. The number of nitrogens with zero attached hydrogens (tertiary/aromatic N) is 2. The van der Waals surface area contributed by atoms with Crippen molar-refractivity contribution in [3.05, 3.63) is 0 Å². The highest BCUT2D eigenvalue weighted by Gasteiger charge is 2.10. The molecule has 0 aromatic heterocycles. The minimum Gasteiger partial charge on any atom is -0.549 e. The molecule has 0 aromatic carbocycles. The molecular formula is C10H16N3O8-3. The minimum atomic E-state index is -1.53. The fourth-order valence-electron chi connectivity index (χ4n) is 1.44. The fraction of sp³-hybridized carbons (Fsp3) is 0.600. The Bertz CT molecular complexity index is 318. The van der Waals surface area contributed by atoms with Gasteiger partial charge in [0.15, 0.2) is 0 Å². The summed E-state index contributed by atoms with van der Waals surface area (Å²) in [4.78, 5) is 43.4. The van der Waals surface area contributed by atoms with Crippen LogP contribution in [0.2, 0.25) is 0 Å². The molecule has 4 N–H and O–H groups in total. The highest BCUT2D eigenvalue weighted by atomic mass is 16.4. The number of hydrogen-bond acceptors (Lipinski definition) is 10. The van der Waals surface area contributed by atoms with Crippen LogP contribution in [0.25, 0.3) is 0 Å². The zero-order valence-corrected chi connectivity index (χ0v) is 11.4. The second-order valence-corrected chi connectivity index (χ2v) is 3.91. The van der Waals surface area contributed by atoms with Gasteiger partial charge in [0, 0.05) is 39.3 Å². The summed E-state index contributed by atoms with van der Waals surface area (Å²) in [6.45, 7) is -3.25. The van der Waals surface area contributed by atoms with Crippen LogP contribution in [0.4, 0.5) is 0 Å². The molecule has 0 saturated heterocycles. The Hall–Kier alpha value is -2.24. The molecule has 0 aliphatic heterocycles. The maximum atomic E-state index is 10.4. The zero-order valence-electron chi connectivity index (χ0n) is 11.4. The minimum absolute atomic E-state index is 0. The van der Waals surface area contributed by atoms with Gasteiger partial charge in [-0.1, -0.05) is 0 Å². The molecule has 0 fully saturated rings. The Balaban J connectivity index is 0. The Labute approximate surface area is 120 Å². The van der Waals surface area contributed by atoms with Crippen LogP contribution in [0.15, 0.2) is 0 Å². The van der Waals surface area contributed by atoms with Gasteiger partial charge in [-0.25, -0.2) is 0 Å². The first kappa shape index (κ1) is 21.1. The number of aliphatic carboxylic acids is 4. The molecule has 0 unspecified atom stereocenters. The number of rotatable bonds is 11. The summed E-state index contributed by atoms with van der Waals surface area (Å²) < 4.78 is 0. The summed E-state index contributed by atoms with van der Waals surface area (Å²) in [6, 6.07) is 0. The van der Waals surface area contributed by atoms with Gasteiger partial charge < -0.3 is 45.8 Å². The van der Waals surface area contributed by atoms with E-state index >= 15 is 0 Å². The molecule has 11 nitrogen and oxygen atoms in total. The molecule has 11 heteroatoms. The van der Waals surface area contributed by atoms with E-state index in [2.05, 4.69) is 0 Å². The Morgan fingerprint density at radius 1 is 0.571 bits per heavy atom. The van der Waals surface area contributed by atoms with Crippen molar-refractivity contribution in [3.63, 3.8) is 0 Å². The Morgan fingerprint density at radius 3 is 0.905 bits per heavy atom. The van der Waals surface area contributed by atoms with Crippen LogP contribution >= 0.6 is 0 Å². The van der Waals surface area contributed by atoms with Crippen LogP contribution in [0.1, 0.15) is 0 Å². The second kappa shape index (κ2) is 10.5. The van der Waals surface area contributed by atoms with E-state index in [1.807, 2.05) is 0 Å². The maximum Gasteiger partial charge on any atom is 0.0555 e. The number of carboxylic acids is 4. The van der Waals surface area contributed by atoms with Gasteiger partial charge in [-0.2, -0.15) is 0 Å². The van der Waals surface area contributed by atoms with Gasteiger partial charge in [0.05, 0.1) is 23.9 Å². The lowest BCUT2D eigenvalue weighted by molar-refractivity contribution is -0.314. The van der Waals surface area contributed by atoms with Crippen molar-refractivity contribution >= 4 is 23.9 Å². The highest BCUT2D eigenvalue weighted by Crippen LogP contribution is 1.92. The van der Waals surface area contributed by atoms with Crippen LogP contribution in [0.5, 0.6) is 0 Å². The molecule has 0 rings (SSSR count). The molecule has 0 aromatic rings. The van der Waals surface area contributed by atoms with Gasteiger partial charge in [-0.3, -0.25) is 9.80 Å². The fourth-order valence-corrected chi connectivity index (χ4v) is 1.44. The predicted molar refractivity (Wildman–Crippen MR) is 58.9 cm³/mol. The number of carbonyl (C=O) groups is 4. The summed E-state index contributed by atoms with van der Waals surface area (Å²) in [7, 11) is 0. The average Bonchev–Trinajstić information content (AvgIpc) is 2.22. The van der Waals surface area contributed by atoms with E-state index in [1.54, 1.807) is 0 Å². The summed E-state index contributed by atoms with van der Waals surface area (Å²) in [6.07, 6.45) is 0. The van der Waals surface area contributed by atoms with Crippen molar-refractivity contribution in [2.45, 2.75) is 0 Å². The van der Waals surface area contributed by atoms with Crippen LogP contribution in [-0.2, 0) is 19.2 Å². The van der Waals surface area contributed by atoms with Crippen LogP contribution in [0.3, 0.4) is 0 Å². The standard InChI is InChI=1S/C10H16N2O8.H3N/c13-7(14)3-11(4-8(15)16)1-2-12(5-9(17)18)6-10(19)20;/h1-6H2,(H,13,14)(H,15,16)(H,17,18)(H,19,20);1H3/p-3. The summed E-state index contributed by atoms with van der Waals surface area (Å²) in [5, 5.41) is 41.6. The molecule has 21 heavy (non-hydrogen) atoms. The van der Waals surface area contributed by atoms with Crippen molar-refractivity contribution in [1.82, 2.24) is 16.0 Å². The molecule has 0 aliphatic rings. The van der Waals surface area contributed by atoms with E-state index in [0.717, 1.165) is 9.80 Å². The smallest absolute Gasteiger partial charge is 0.0555 e. The number of carboxylic acid groups (broad SMARTS) is 4. The Morgan fingerprint density at radius 2 is 0.762 bits per heavy atom. The monoisotopic (exact) mass is 306 g/mol. The predicted octanol–water partition coefficient (Wildman–Crippen LogP) is -7.03. The maximum absolute atomic E-state index is 10.4. The van der Waals surface area contributed by atoms with Crippen molar-refractivity contribution in [3.8, 4) is 0 Å². The molecule has 0 bridgehead atoms. The molecule has 0 aliphatic carbocycles. The largest absolute Gasteiger partial charge is 0.549 e. The summed E-state index contributed by atoms with van der Waals surface area (Å²) in [5.41, 5.74) is 0. The molecule has 0 saturated carbocycles. The van der Waals surface area contributed by atoms with Crippen molar-refractivity contribution < 1.29 is 39.6 Å². The molecule has 0 spiro atoms. The summed E-state index contributed by atoms with van der Waals surface area (Å²) >= 11 is 0. The lowest BCUT2D eigenvalue weighted by atomic mass is 10.4. The van der Waals surface area contributed by atoms with Gasteiger partial charge in [-0.15, -0.1) is 0 Å². The summed E-state index contributed by atoms with van der Waals surface area (Å²) in [5.74, 6) is -6.12. The van der Waals surface area contributed by atoms with Crippen molar-refractivity contribution in [2.24, 2.45) is 0 Å². The lowest BCUT2D eigenvalue weighted by Crippen LogP contribution is -2.50. The van der Waals surface area contributed by atoms with Crippen molar-refractivity contribution in [2.75, 3.05) is 39.3 Å². The third-order valence-electron chi connectivity index (χ3n) is 2.14. The highest BCUT2D eigenvalue weighted by molar-refractivity contribution is 5.71. The van der Waals surface area contributed by atoms with Gasteiger partial charge in [0.25, 0.3) is 0 Å². The van der Waals surface area contributed by atoms with Gasteiger partial charge in [0.1, 0.15) is 0 Å². The first-order valence-electron chi connectivity index (χ1n) is 5.44. The normalized spacial score (nSPS) is 10.2. The van der Waals surface area contributed by atoms with Crippen LogP contribution < -0.4 is 26.6 Å². The van der Waals surface area contributed by atoms with Gasteiger partial charge >= 0.3 is 0 Å². The van der Waals surface area contributed by atoms with E-state index in [0.29, 0.717) is 0 Å². The quantitative estimate of drug-likeness (QED) is 0.381. The molecule has 0 amide bonds.